The Morgan fingerprint density at radius 1 is 1.65 bits per heavy atom. The van der Waals surface area contributed by atoms with Crippen LogP contribution in [0.3, 0.4) is 0 Å². The predicted molar refractivity (Wildman–Crippen MR) is 72.7 cm³/mol. The molecule has 1 saturated carbocycles. The van der Waals surface area contributed by atoms with Crippen LogP contribution in [0.4, 0.5) is 0 Å². The number of halogens is 2. The van der Waals surface area contributed by atoms with E-state index >= 15 is 0 Å². The van der Waals surface area contributed by atoms with Crippen LogP contribution < -0.4 is 0 Å². The quantitative estimate of drug-likeness (QED) is 0.863. The molecule has 0 atom stereocenters. The van der Waals surface area contributed by atoms with Crippen LogP contribution in [-0.2, 0) is 11.3 Å². The van der Waals surface area contributed by atoms with Crippen molar-refractivity contribution in [1.82, 2.24) is 4.90 Å². The third-order valence-corrected chi connectivity index (χ3v) is 5.11. The van der Waals surface area contributed by atoms with E-state index in [4.69, 9.17) is 16.7 Å². The van der Waals surface area contributed by atoms with Gasteiger partial charge in [-0.05, 0) is 40.8 Å². The molecule has 0 unspecified atom stereocenters. The molecule has 17 heavy (non-hydrogen) atoms. The summed E-state index contributed by atoms with van der Waals surface area (Å²) >= 11 is 10.8. The number of hydrogen-bond donors (Lipinski definition) is 1. The van der Waals surface area contributed by atoms with Gasteiger partial charge in [0.25, 0.3) is 0 Å². The van der Waals surface area contributed by atoms with Crippen LogP contribution in [0.15, 0.2) is 10.5 Å². The van der Waals surface area contributed by atoms with Gasteiger partial charge in [-0.1, -0.05) is 11.6 Å². The second kappa shape index (κ2) is 5.69. The molecule has 3 nitrogen and oxygen atoms in total. The summed E-state index contributed by atoms with van der Waals surface area (Å²) in [7, 11) is 0. The molecular weight excluding hydrogens is 326 g/mol. The van der Waals surface area contributed by atoms with E-state index in [0.717, 1.165) is 20.2 Å². The first-order valence-electron chi connectivity index (χ1n) is 5.42. The summed E-state index contributed by atoms with van der Waals surface area (Å²) in [5.41, 5.74) is 0. The van der Waals surface area contributed by atoms with Gasteiger partial charge in [-0.15, -0.1) is 11.3 Å². The second-order valence-electron chi connectivity index (χ2n) is 4.34. The van der Waals surface area contributed by atoms with Gasteiger partial charge in [0.05, 0.1) is 6.54 Å². The van der Waals surface area contributed by atoms with Gasteiger partial charge in [0, 0.05) is 22.4 Å². The van der Waals surface area contributed by atoms with Crippen molar-refractivity contribution in [3.8, 4) is 0 Å². The van der Waals surface area contributed by atoms with Crippen LogP contribution in [0.25, 0.3) is 0 Å². The summed E-state index contributed by atoms with van der Waals surface area (Å²) in [6, 6.07) is 1.97. The fourth-order valence-electron chi connectivity index (χ4n) is 1.73. The monoisotopic (exact) mass is 337 g/mol. The Morgan fingerprint density at radius 3 is 2.82 bits per heavy atom. The molecule has 1 aromatic rings. The number of carboxylic acids is 1. The van der Waals surface area contributed by atoms with E-state index in [2.05, 4.69) is 15.9 Å². The molecule has 1 aliphatic rings. The largest absolute Gasteiger partial charge is 0.480 e. The lowest BCUT2D eigenvalue weighted by molar-refractivity contribution is -0.138. The predicted octanol–water partition coefficient (Wildman–Crippen LogP) is 3.46. The van der Waals surface area contributed by atoms with E-state index in [0.29, 0.717) is 12.5 Å². The zero-order chi connectivity index (χ0) is 12.4. The molecule has 2 rings (SSSR count). The van der Waals surface area contributed by atoms with E-state index in [-0.39, 0.29) is 6.54 Å². The minimum Gasteiger partial charge on any atom is -0.480 e. The minimum absolute atomic E-state index is 0.101. The molecule has 1 N–H and O–H groups in total. The fourth-order valence-corrected chi connectivity index (χ4v) is 3.56. The molecule has 0 radical (unpaired) electrons. The zero-order valence-corrected chi connectivity index (χ0v) is 12.3. The first-order chi connectivity index (χ1) is 8.04. The summed E-state index contributed by atoms with van der Waals surface area (Å²) in [6.07, 6.45) is 2.45. The van der Waals surface area contributed by atoms with Crippen molar-refractivity contribution in [3.05, 3.63) is 19.8 Å². The number of hydrogen-bond acceptors (Lipinski definition) is 3. The van der Waals surface area contributed by atoms with Gasteiger partial charge in [0.2, 0.25) is 0 Å². The Bertz CT molecular complexity index is 400. The smallest absolute Gasteiger partial charge is 0.317 e. The second-order valence-corrected chi connectivity index (χ2v) is 6.93. The molecule has 0 saturated heterocycles. The highest BCUT2D eigenvalue weighted by atomic mass is 79.9. The third kappa shape index (κ3) is 4.25. The van der Waals surface area contributed by atoms with Crippen molar-refractivity contribution >= 4 is 44.8 Å². The number of carbonyl (C=O) groups is 1. The Hall–Kier alpha value is -0.100. The van der Waals surface area contributed by atoms with Gasteiger partial charge in [0.15, 0.2) is 0 Å². The van der Waals surface area contributed by atoms with Crippen molar-refractivity contribution < 1.29 is 9.90 Å². The average Bonchev–Trinajstić information content (AvgIpc) is 2.94. The highest BCUT2D eigenvalue weighted by Gasteiger charge is 2.25. The van der Waals surface area contributed by atoms with Gasteiger partial charge in [-0.25, -0.2) is 0 Å². The van der Waals surface area contributed by atoms with Gasteiger partial charge < -0.3 is 5.11 Å². The third-order valence-electron chi connectivity index (χ3n) is 2.65. The molecule has 0 spiro atoms. The molecule has 0 amide bonds. The molecule has 0 bridgehead atoms. The van der Waals surface area contributed by atoms with Gasteiger partial charge in [-0.3, -0.25) is 9.69 Å². The number of thiophene rings is 1. The maximum absolute atomic E-state index is 10.8. The molecule has 94 valence electrons. The summed E-state index contributed by atoms with van der Waals surface area (Å²) in [5, 5.41) is 8.88. The minimum atomic E-state index is -0.771. The summed E-state index contributed by atoms with van der Waals surface area (Å²) in [4.78, 5) is 13.9. The van der Waals surface area contributed by atoms with E-state index in [1.165, 1.54) is 24.2 Å². The van der Waals surface area contributed by atoms with Crippen LogP contribution >= 0.6 is 38.9 Å². The lowest BCUT2D eigenvalue weighted by Crippen LogP contribution is -2.30. The van der Waals surface area contributed by atoms with Crippen LogP contribution in [0.1, 0.15) is 17.7 Å². The highest BCUT2D eigenvalue weighted by molar-refractivity contribution is 9.10. The molecule has 0 aliphatic heterocycles. The van der Waals surface area contributed by atoms with Crippen molar-refractivity contribution in [2.45, 2.75) is 19.4 Å². The first-order valence-corrected chi connectivity index (χ1v) is 7.41. The first kappa shape index (κ1) is 13.3. The number of aliphatic carboxylic acids is 1. The van der Waals surface area contributed by atoms with E-state index in [1.807, 2.05) is 11.0 Å². The Balaban J connectivity index is 1.97. The summed E-state index contributed by atoms with van der Waals surface area (Å²) < 4.78 is 1.61. The summed E-state index contributed by atoms with van der Waals surface area (Å²) in [6.45, 7) is 1.64. The fraction of sp³-hybridized carbons (Fsp3) is 0.545. The molecular formula is C11H13BrClNO2S. The molecule has 0 aromatic carbocycles. The number of nitrogens with zero attached hydrogens (tertiary/aromatic N) is 1. The van der Waals surface area contributed by atoms with E-state index in [9.17, 15) is 4.79 Å². The maximum atomic E-state index is 10.8. The van der Waals surface area contributed by atoms with Crippen LogP contribution in [0.5, 0.6) is 0 Å². The topological polar surface area (TPSA) is 40.5 Å². The number of carboxylic acid groups (broad SMARTS) is 1. The van der Waals surface area contributed by atoms with Crippen molar-refractivity contribution in [3.63, 3.8) is 0 Å². The van der Waals surface area contributed by atoms with E-state index < -0.39 is 5.97 Å². The lowest BCUT2D eigenvalue weighted by Gasteiger charge is -2.18. The molecule has 1 aromatic heterocycles. The van der Waals surface area contributed by atoms with Crippen molar-refractivity contribution in [1.29, 1.82) is 0 Å². The highest BCUT2D eigenvalue weighted by Crippen LogP contribution is 2.34. The van der Waals surface area contributed by atoms with Crippen LogP contribution in [0.2, 0.25) is 4.34 Å². The number of rotatable bonds is 6. The molecule has 1 fully saturated rings. The van der Waals surface area contributed by atoms with E-state index in [1.54, 1.807) is 0 Å². The normalized spacial score (nSPS) is 15.5. The van der Waals surface area contributed by atoms with Crippen molar-refractivity contribution in [2.75, 3.05) is 13.1 Å². The van der Waals surface area contributed by atoms with Crippen molar-refractivity contribution in [2.24, 2.45) is 5.92 Å². The SMILES string of the molecule is O=C(O)CN(Cc1cc(Br)c(Cl)s1)CC1CC1. The molecule has 6 heteroatoms. The zero-order valence-electron chi connectivity index (χ0n) is 9.16. The molecule has 1 aliphatic carbocycles. The average molecular weight is 339 g/mol. The van der Waals surface area contributed by atoms with Crippen LogP contribution in [0, 0.1) is 5.92 Å². The van der Waals surface area contributed by atoms with Gasteiger partial charge in [0.1, 0.15) is 4.34 Å². The standard InChI is InChI=1S/C11H13BrClNO2S/c12-9-3-8(17-11(9)13)5-14(6-10(15)16)4-7-1-2-7/h3,7H,1-2,4-6H2,(H,15,16). The Labute approximate surface area is 118 Å². The van der Waals surface area contributed by atoms with Crippen LogP contribution in [-0.4, -0.2) is 29.1 Å². The van der Waals surface area contributed by atoms with Gasteiger partial charge >= 0.3 is 5.97 Å². The molecule has 1 heterocycles. The maximum Gasteiger partial charge on any atom is 0.317 e. The Kier molecular flexibility index (Phi) is 4.47. The summed E-state index contributed by atoms with van der Waals surface area (Å²) in [5.74, 6) is -0.0828. The Morgan fingerprint density at radius 2 is 2.35 bits per heavy atom. The lowest BCUT2D eigenvalue weighted by atomic mass is 10.3. The van der Waals surface area contributed by atoms with Gasteiger partial charge in [-0.2, -0.15) is 0 Å².